The van der Waals surface area contributed by atoms with Crippen LogP contribution in [-0.2, 0) is 40.0 Å². The highest BCUT2D eigenvalue weighted by atomic mass is 16.3. The minimum atomic E-state index is -1.80. The first-order chi connectivity index (χ1) is 33.9. The molecule has 4 rings (SSSR count). The van der Waals surface area contributed by atoms with E-state index in [0.717, 1.165) is 49.8 Å². The molecule has 19 heteroatoms. The van der Waals surface area contributed by atoms with Crippen LogP contribution in [0.25, 0.3) is 0 Å². The Balaban J connectivity index is 1.53. The van der Waals surface area contributed by atoms with E-state index < -0.39 is 102 Å². The maximum atomic E-state index is 14.2. The van der Waals surface area contributed by atoms with E-state index in [1.54, 1.807) is 6.92 Å². The number of aliphatic hydroxyl groups excluding tert-OH is 4. The summed E-state index contributed by atoms with van der Waals surface area (Å²) in [4.78, 5) is 100. The van der Waals surface area contributed by atoms with E-state index in [0.29, 0.717) is 12.0 Å². The number of aliphatic hydroxyl groups is 4. The first kappa shape index (κ1) is 58.2. The molecule has 19 nitrogen and oxygen atoms in total. The Morgan fingerprint density at radius 2 is 1.34 bits per heavy atom. The van der Waals surface area contributed by atoms with Gasteiger partial charge in [0.25, 0.3) is 0 Å². The number of nitrogens with one attached hydrogen (secondary N) is 5. The van der Waals surface area contributed by atoms with Crippen molar-refractivity contribution in [1.29, 1.82) is 0 Å². The lowest BCUT2D eigenvalue weighted by Gasteiger charge is -2.33. The number of nitrogens with zero attached hydrogens (tertiary/aromatic N) is 2. The number of hydrogen-bond donors (Lipinski definition) is 10. The van der Waals surface area contributed by atoms with Gasteiger partial charge in [0.15, 0.2) is 0 Å². The Hall–Kier alpha value is -5.37. The second kappa shape index (κ2) is 29.8. The molecule has 10 N–H and O–H groups in total. The van der Waals surface area contributed by atoms with E-state index in [2.05, 4.69) is 57.8 Å². The minimum absolute atomic E-state index is 0.0121. The SMILES string of the molecule is CCCCCC=CCC=CCCCCCCCC(=O)NC1CC(O)CNC(=O)C2CC(C)CN2C(=O)C(C(C)O)NC(=O)C(C(O)Cc2ccc(O)cc2)NC(=O)C2CC(O)CN2C(=O)C(CC)NC1=O. The van der Waals surface area contributed by atoms with Gasteiger partial charge in [0.2, 0.25) is 41.4 Å². The number of phenols is 1. The summed E-state index contributed by atoms with van der Waals surface area (Å²) in [6.45, 7) is 6.23. The fraction of sp³-hybridized carbons (Fsp3) is 0.673. The molecule has 3 fully saturated rings. The number of β-amino-alcohol motifs (C(OH)–C–C–N with tert-alkyl or cyclic N) is 1. The number of unbranched alkanes of at least 4 members (excludes halogenated alkanes) is 8. The van der Waals surface area contributed by atoms with Gasteiger partial charge in [-0.25, -0.2) is 0 Å². The van der Waals surface area contributed by atoms with Gasteiger partial charge in [0.05, 0.1) is 24.4 Å². The summed E-state index contributed by atoms with van der Waals surface area (Å²) in [5.41, 5.74) is 0.457. The molecule has 3 heterocycles. The zero-order chi connectivity index (χ0) is 52.0. The van der Waals surface area contributed by atoms with Crippen molar-refractivity contribution < 1.29 is 59.1 Å². The Kier molecular flexibility index (Phi) is 24.5. The van der Waals surface area contributed by atoms with Crippen molar-refractivity contribution in [1.82, 2.24) is 36.4 Å². The highest BCUT2D eigenvalue weighted by Crippen LogP contribution is 2.26. The number of benzene rings is 1. The average Bonchev–Trinajstić information content (AvgIpc) is 3.93. The molecule has 0 bridgehead atoms. The van der Waals surface area contributed by atoms with Gasteiger partial charge in [-0.15, -0.1) is 0 Å². The van der Waals surface area contributed by atoms with Gasteiger partial charge < -0.3 is 61.9 Å². The number of hydrogen-bond acceptors (Lipinski definition) is 12. The van der Waals surface area contributed by atoms with Gasteiger partial charge in [-0.05, 0) is 81.9 Å². The molecule has 11 unspecified atom stereocenters. The fourth-order valence-corrected chi connectivity index (χ4v) is 9.33. The molecule has 396 valence electrons. The molecule has 11 atom stereocenters. The summed E-state index contributed by atoms with van der Waals surface area (Å²) < 4.78 is 0. The number of amides is 7. The predicted octanol–water partition coefficient (Wildman–Crippen LogP) is 1.92. The van der Waals surface area contributed by atoms with Crippen molar-refractivity contribution in [2.75, 3.05) is 19.6 Å². The second-order valence-electron chi connectivity index (χ2n) is 19.6. The Bertz CT molecular complexity index is 1960. The molecule has 3 saturated heterocycles. The monoisotopic (exact) mass is 996 g/mol. The highest BCUT2D eigenvalue weighted by molar-refractivity contribution is 5.98. The van der Waals surface area contributed by atoms with Crippen LogP contribution in [0.15, 0.2) is 48.6 Å². The van der Waals surface area contributed by atoms with Crippen molar-refractivity contribution in [3.8, 4) is 5.75 Å². The summed E-state index contributed by atoms with van der Waals surface area (Å²) in [5, 5.41) is 67.4. The van der Waals surface area contributed by atoms with Crippen molar-refractivity contribution in [2.45, 2.75) is 198 Å². The maximum Gasteiger partial charge on any atom is 0.248 e. The van der Waals surface area contributed by atoms with Gasteiger partial charge >= 0.3 is 0 Å². The third kappa shape index (κ3) is 18.6. The lowest BCUT2D eigenvalue weighted by molar-refractivity contribution is -0.145. The van der Waals surface area contributed by atoms with E-state index in [1.165, 1.54) is 55.4 Å². The molecule has 0 aromatic heterocycles. The number of allylic oxidation sites excluding steroid dienone is 4. The normalized spacial score (nSPS) is 27.4. The summed E-state index contributed by atoms with van der Waals surface area (Å²) in [6, 6.07) is -2.87. The summed E-state index contributed by atoms with van der Waals surface area (Å²) >= 11 is 0. The van der Waals surface area contributed by atoms with Crippen LogP contribution in [0.5, 0.6) is 5.75 Å². The lowest BCUT2D eigenvalue weighted by atomic mass is 9.99. The van der Waals surface area contributed by atoms with Crippen molar-refractivity contribution in [3.63, 3.8) is 0 Å². The van der Waals surface area contributed by atoms with Crippen LogP contribution in [0.1, 0.15) is 136 Å². The van der Waals surface area contributed by atoms with E-state index in [9.17, 15) is 59.1 Å². The summed E-state index contributed by atoms with van der Waals surface area (Å²) in [5.74, 6) is -5.78. The smallest absolute Gasteiger partial charge is 0.248 e. The van der Waals surface area contributed by atoms with Gasteiger partial charge in [-0.1, -0.05) is 89.3 Å². The molecule has 71 heavy (non-hydrogen) atoms. The third-order valence-corrected chi connectivity index (χ3v) is 13.4. The first-order valence-corrected chi connectivity index (χ1v) is 25.8. The summed E-state index contributed by atoms with van der Waals surface area (Å²) in [6.07, 6.45) is 13.4. The molecule has 1 aromatic rings. The standard InChI is InChI=1S/C52H81N7O12/c1-5-7-8-9-10-11-12-13-14-15-16-17-18-19-20-21-44(65)54-40-28-37(62)30-53-48(67)41-26-33(3)31-58(41)52(71)45(34(4)60)56-50(69)46(43(64)27-35-22-24-36(61)25-23-35)57-49(68)42-29-38(63)32-59(42)51(70)39(6-2)55-47(40)66/h10-11,13-14,22-25,33-34,37-43,45-46,60-64H,5-9,12,15-21,26-32H2,1-4H3,(H,53,67)(H,54,65)(H,55,66)(H,56,69)(H,57,68). The van der Waals surface area contributed by atoms with Gasteiger partial charge in [-0.2, -0.15) is 0 Å². The Morgan fingerprint density at radius 1 is 0.718 bits per heavy atom. The molecule has 3 aliphatic rings. The topological polar surface area (TPSA) is 287 Å². The number of carbonyl (C=O) groups excluding carboxylic acids is 7. The number of phenolic OH excluding ortho intramolecular Hbond substituents is 1. The van der Waals surface area contributed by atoms with Crippen LogP contribution in [0.4, 0.5) is 0 Å². The zero-order valence-corrected chi connectivity index (χ0v) is 42.1. The molecule has 0 radical (unpaired) electrons. The van der Waals surface area contributed by atoms with Gasteiger partial charge in [0.1, 0.15) is 42.0 Å². The fourth-order valence-electron chi connectivity index (χ4n) is 9.33. The van der Waals surface area contributed by atoms with E-state index in [4.69, 9.17) is 0 Å². The van der Waals surface area contributed by atoms with Crippen LogP contribution in [0, 0.1) is 5.92 Å². The van der Waals surface area contributed by atoms with Crippen LogP contribution in [-0.4, -0.2) is 157 Å². The Morgan fingerprint density at radius 3 is 2.00 bits per heavy atom. The van der Waals surface area contributed by atoms with E-state index in [1.807, 2.05) is 6.92 Å². The lowest BCUT2D eigenvalue weighted by Crippen LogP contribution is -2.63. The van der Waals surface area contributed by atoms with Gasteiger partial charge in [0, 0.05) is 45.3 Å². The van der Waals surface area contributed by atoms with Crippen LogP contribution in [0.2, 0.25) is 0 Å². The van der Waals surface area contributed by atoms with Crippen molar-refractivity contribution in [2.24, 2.45) is 5.92 Å². The number of aromatic hydroxyl groups is 1. The first-order valence-electron chi connectivity index (χ1n) is 25.8. The molecular formula is C52H81N7O12. The van der Waals surface area contributed by atoms with Crippen LogP contribution >= 0.6 is 0 Å². The van der Waals surface area contributed by atoms with Crippen molar-refractivity contribution >= 4 is 41.4 Å². The quantitative estimate of drug-likeness (QED) is 0.0663. The minimum Gasteiger partial charge on any atom is -0.508 e. The zero-order valence-electron chi connectivity index (χ0n) is 42.1. The molecule has 7 amide bonds. The number of carbonyl (C=O) groups is 7. The maximum absolute atomic E-state index is 14.2. The average molecular weight is 996 g/mol. The molecule has 0 spiro atoms. The highest BCUT2D eigenvalue weighted by Gasteiger charge is 2.46. The summed E-state index contributed by atoms with van der Waals surface area (Å²) in [7, 11) is 0. The molecule has 1 aromatic carbocycles. The number of fused-ring (bicyclic) bond motifs is 2. The predicted molar refractivity (Wildman–Crippen MR) is 266 cm³/mol. The third-order valence-electron chi connectivity index (χ3n) is 13.4. The Labute approximate surface area is 418 Å². The largest absolute Gasteiger partial charge is 0.508 e. The van der Waals surface area contributed by atoms with Crippen molar-refractivity contribution in [3.05, 3.63) is 54.1 Å². The molecule has 3 aliphatic heterocycles. The molecule has 0 saturated carbocycles. The van der Waals surface area contributed by atoms with Crippen LogP contribution < -0.4 is 26.6 Å². The number of rotatable bonds is 20. The van der Waals surface area contributed by atoms with Crippen LogP contribution in [0.3, 0.4) is 0 Å². The van der Waals surface area contributed by atoms with E-state index >= 15 is 0 Å². The molecular weight excluding hydrogens is 915 g/mol. The van der Waals surface area contributed by atoms with E-state index in [-0.39, 0.29) is 69.8 Å². The molecule has 0 aliphatic carbocycles. The van der Waals surface area contributed by atoms with Gasteiger partial charge in [-0.3, -0.25) is 33.6 Å². The second-order valence-corrected chi connectivity index (χ2v) is 19.6.